The number of benzene rings is 2. The number of para-hydroxylation sites is 2. The zero-order chi connectivity index (χ0) is 20.9. The third kappa shape index (κ3) is 4.19. The Hall–Kier alpha value is -3.63. The summed E-state index contributed by atoms with van der Waals surface area (Å²) in [5, 5.41) is 9.68. The van der Waals surface area contributed by atoms with Crippen LogP contribution in [0.15, 0.2) is 65.4 Å². The van der Waals surface area contributed by atoms with E-state index in [0.717, 1.165) is 26.6 Å². The summed E-state index contributed by atoms with van der Waals surface area (Å²) in [6.07, 6.45) is 5.21. The SMILES string of the molecule is COc1cc(/C=C(\C#N)c2nc3ccccc3[nH]2)cc(Br)c1OCc1ccncc1. The molecule has 7 heteroatoms. The predicted octanol–water partition coefficient (Wildman–Crippen LogP) is 5.37. The number of halogens is 1. The third-order valence-corrected chi connectivity index (χ3v) is 5.05. The molecule has 0 aliphatic rings. The second-order valence-electron chi connectivity index (χ2n) is 6.45. The van der Waals surface area contributed by atoms with Crippen molar-refractivity contribution in [2.24, 2.45) is 0 Å². The quantitative estimate of drug-likeness (QED) is 0.390. The highest BCUT2D eigenvalue weighted by molar-refractivity contribution is 9.10. The van der Waals surface area contributed by atoms with Gasteiger partial charge in [-0.3, -0.25) is 4.98 Å². The molecule has 0 aliphatic carbocycles. The molecular formula is C23H17BrN4O2. The number of nitriles is 1. The average molecular weight is 461 g/mol. The van der Waals surface area contributed by atoms with E-state index in [1.54, 1.807) is 25.6 Å². The Kier molecular flexibility index (Phi) is 5.77. The number of methoxy groups -OCH3 is 1. The molecule has 6 nitrogen and oxygen atoms in total. The fraction of sp³-hybridized carbons (Fsp3) is 0.0870. The lowest BCUT2D eigenvalue weighted by Crippen LogP contribution is -1.99. The molecule has 148 valence electrons. The van der Waals surface area contributed by atoms with Crippen molar-refractivity contribution in [1.29, 1.82) is 5.26 Å². The van der Waals surface area contributed by atoms with Gasteiger partial charge >= 0.3 is 0 Å². The Morgan fingerprint density at radius 3 is 2.73 bits per heavy atom. The Bertz CT molecular complexity index is 1230. The molecule has 0 radical (unpaired) electrons. The number of fused-ring (bicyclic) bond motifs is 1. The molecule has 0 saturated carbocycles. The second-order valence-corrected chi connectivity index (χ2v) is 7.30. The number of nitrogens with one attached hydrogen (secondary N) is 1. The van der Waals surface area contributed by atoms with Crippen molar-refractivity contribution >= 4 is 38.6 Å². The molecule has 2 aromatic carbocycles. The first-order valence-corrected chi connectivity index (χ1v) is 9.93. The molecule has 4 aromatic rings. The van der Waals surface area contributed by atoms with Gasteiger partial charge in [-0.2, -0.15) is 5.26 Å². The number of ether oxygens (including phenoxy) is 2. The monoisotopic (exact) mass is 460 g/mol. The van der Waals surface area contributed by atoms with Gasteiger partial charge in [-0.25, -0.2) is 4.98 Å². The summed E-state index contributed by atoms with van der Waals surface area (Å²) in [7, 11) is 1.58. The minimum Gasteiger partial charge on any atom is -0.493 e. The van der Waals surface area contributed by atoms with Crippen LogP contribution in [0, 0.1) is 11.3 Å². The van der Waals surface area contributed by atoms with Crippen molar-refractivity contribution in [3.8, 4) is 17.6 Å². The maximum absolute atomic E-state index is 9.68. The van der Waals surface area contributed by atoms with E-state index in [2.05, 4.69) is 37.0 Å². The van der Waals surface area contributed by atoms with Gasteiger partial charge in [0.05, 0.1) is 28.2 Å². The summed E-state index contributed by atoms with van der Waals surface area (Å²) >= 11 is 3.56. The van der Waals surface area contributed by atoms with E-state index in [-0.39, 0.29) is 0 Å². The molecular weight excluding hydrogens is 444 g/mol. The van der Waals surface area contributed by atoms with Crippen LogP contribution in [0.5, 0.6) is 11.5 Å². The van der Waals surface area contributed by atoms with E-state index in [1.807, 2.05) is 48.5 Å². The smallest absolute Gasteiger partial charge is 0.175 e. The minimum atomic E-state index is 0.384. The molecule has 30 heavy (non-hydrogen) atoms. The van der Waals surface area contributed by atoms with E-state index in [0.29, 0.717) is 29.5 Å². The van der Waals surface area contributed by atoms with Crippen molar-refractivity contribution in [3.05, 3.63) is 82.3 Å². The number of imidazole rings is 1. The molecule has 0 unspecified atom stereocenters. The number of hydrogen-bond donors (Lipinski definition) is 1. The van der Waals surface area contributed by atoms with Crippen LogP contribution in [0.25, 0.3) is 22.7 Å². The number of rotatable bonds is 6. The van der Waals surface area contributed by atoms with Crippen LogP contribution in [-0.2, 0) is 6.61 Å². The fourth-order valence-corrected chi connectivity index (χ4v) is 3.57. The molecule has 0 atom stereocenters. The molecule has 0 fully saturated rings. The first-order valence-electron chi connectivity index (χ1n) is 9.14. The van der Waals surface area contributed by atoms with Crippen LogP contribution in [0.1, 0.15) is 17.0 Å². The molecule has 0 bridgehead atoms. The van der Waals surface area contributed by atoms with E-state index in [9.17, 15) is 5.26 Å². The highest BCUT2D eigenvalue weighted by Gasteiger charge is 2.13. The summed E-state index contributed by atoms with van der Waals surface area (Å²) in [6, 6.07) is 17.4. The molecule has 4 rings (SSSR count). The zero-order valence-corrected chi connectivity index (χ0v) is 17.7. The third-order valence-electron chi connectivity index (χ3n) is 4.46. The lowest BCUT2D eigenvalue weighted by atomic mass is 10.1. The summed E-state index contributed by atoms with van der Waals surface area (Å²) in [5.41, 5.74) is 3.90. The van der Waals surface area contributed by atoms with Gasteiger partial charge in [0, 0.05) is 12.4 Å². The molecule has 2 aromatic heterocycles. The first kappa shape index (κ1) is 19.7. The fourth-order valence-electron chi connectivity index (χ4n) is 3.00. The Morgan fingerprint density at radius 2 is 2.00 bits per heavy atom. The van der Waals surface area contributed by atoms with Crippen LogP contribution >= 0.6 is 15.9 Å². The molecule has 0 saturated heterocycles. The van der Waals surface area contributed by atoms with Gasteiger partial charge in [0.1, 0.15) is 18.5 Å². The van der Waals surface area contributed by atoms with Gasteiger partial charge in [0.2, 0.25) is 0 Å². The van der Waals surface area contributed by atoms with Crippen LogP contribution in [0.2, 0.25) is 0 Å². The average Bonchev–Trinajstić information content (AvgIpc) is 3.21. The summed E-state index contributed by atoms with van der Waals surface area (Å²) in [4.78, 5) is 11.7. The van der Waals surface area contributed by atoms with E-state index in [4.69, 9.17) is 9.47 Å². The number of allylic oxidation sites excluding steroid dienone is 1. The summed E-state index contributed by atoms with van der Waals surface area (Å²) in [6.45, 7) is 0.384. The second kappa shape index (κ2) is 8.80. The first-order chi connectivity index (χ1) is 14.7. The van der Waals surface area contributed by atoms with Gasteiger partial charge in [0.15, 0.2) is 11.5 Å². The standard InChI is InChI=1S/C23H17BrN4O2/c1-29-21-12-16(11-18(24)22(21)30-14-15-6-8-26-9-7-15)10-17(13-25)23-27-19-4-2-3-5-20(19)28-23/h2-12H,14H2,1H3,(H,27,28)/b17-10+. The van der Waals surface area contributed by atoms with Crippen molar-refractivity contribution < 1.29 is 9.47 Å². The van der Waals surface area contributed by atoms with Crippen LogP contribution < -0.4 is 9.47 Å². The lowest BCUT2D eigenvalue weighted by Gasteiger charge is -2.13. The van der Waals surface area contributed by atoms with Crippen molar-refractivity contribution in [1.82, 2.24) is 15.0 Å². The number of aromatic nitrogens is 3. The van der Waals surface area contributed by atoms with Crippen molar-refractivity contribution in [2.75, 3.05) is 7.11 Å². The maximum Gasteiger partial charge on any atom is 0.175 e. The number of pyridine rings is 1. The van der Waals surface area contributed by atoms with E-state index >= 15 is 0 Å². The van der Waals surface area contributed by atoms with Gasteiger partial charge in [-0.05, 0) is 69.5 Å². The maximum atomic E-state index is 9.68. The lowest BCUT2D eigenvalue weighted by molar-refractivity contribution is 0.282. The number of H-pyrrole nitrogens is 1. The highest BCUT2D eigenvalue weighted by Crippen LogP contribution is 2.38. The number of hydrogen-bond acceptors (Lipinski definition) is 5. The summed E-state index contributed by atoms with van der Waals surface area (Å²) < 4.78 is 12.2. The van der Waals surface area contributed by atoms with Crippen molar-refractivity contribution in [2.45, 2.75) is 6.61 Å². The van der Waals surface area contributed by atoms with Crippen molar-refractivity contribution in [3.63, 3.8) is 0 Å². The normalized spacial score (nSPS) is 11.3. The van der Waals surface area contributed by atoms with Gasteiger partial charge in [-0.1, -0.05) is 12.1 Å². The summed E-state index contributed by atoms with van der Waals surface area (Å²) in [5.74, 6) is 1.67. The number of aromatic amines is 1. The largest absolute Gasteiger partial charge is 0.493 e. The number of nitrogens with zero attached hydrogens (tertiary/aromatic N) is 3. The predicted molar refractivity (Wildman–Crippen MR) is 119 cm³/mol. The molecule has 0 amide bonds. The molecule has 2 heterocycles. The van der Waals surface area contributed by atoms with Gasteiger partial charge in [0.25, 0.3) is 0 Å². The Balaban J connectivity index is 1.65. The van der Waals surface area contributed by atoms with E-state index < -0.39 is 0 Å². The molecule has 1 N–H and O–H groups in total. The molecule has 0 spiro atoms. The Labute approximate surface area is 181 Å². The van der Waals surface area contributed by atoms with Gasteiger partial charge < -0.3 is 14.5 Å². The molecule has 0 aliphatic heterocycles. The van der Waals surface area contributed by atoms with Crippen LogP contribution in [0.4, 0.5) is 0 Å². The van der Waals surface area contributed by atoms with Crippen LogP contribution in [0.3, 0.4) is 0 Å². The van der Waals surface area contributed by atoms with Crippen LogP contribution in [-0.4, -0.2) is 22.1 Å². The highest BCUT2D eigenvalue weighted by atomic mass is 79.9. The topological polar surface area (TPSA) is 83.8 Å². The van der Waals surface area contributed by atoms with Gasteiger partial charge in [-0.15, -0.1) is 0 Å². The zero-order valence-electron chi connectivity index (χ0n) is 16.1. The Morgan fingerprint density at radius 1 is 1.20 bits per heavy atom. The minimum absolute atomic E-state index is 0.384. The van der Waals surface area contributed by atoms with E-state index in [1.165, 1.54) is 0 Å².